The second kappa shape index (κ2) is 11.2. The summed E-state index contributed by atoms with van der Waals surface area (Å²) in [5, 5.41) is 1.15. The lowest BCUT2D eigenvalue weighted by Gasteiger charge is -2.38. The van der Waals surface area contributed by atoms with Crippen molar-refractivity contribution in [3.63, 3.8) is 0 Å². The van der Waals surface area contributed by atoms with Crippen LogP contribution in [0.5, 0.6) is 0 Å². The molecule has 1 unspecified atom stereocenters. The van der Waals surface area contributed by atoms with Gasteiger partial charge in [-0.05, 0) is 86.5 Å². The fraction of sp³-hybridized carbons (Fsp3) is 0.444. The molecule has 1 amide bonds. The number of hydrogen-bond donors (Lipinski definition) is 1. The minimum absolute atomic E-state index is 0.0235. The minimum Gasteiger partial charge on any atom is -0.338 e. The van der Waals surface area contributed by atoms with Crippen molar-refractivity contribution >= 4 is 27.7 Å². The first-order valence-corrected chi connectivity index (χ1v) is 13.8. The SMILES string of the molecule is CC1CCN(CC2CCCN(C(=O)c3ccc(NS(=O)(=O)/C=C/c4ccccc4)cc3)C2)CC1. The Balaban J connectivity index is 1.32. The topological polar surface area (TPSA) is 69.7 Å². The predicted molar refractivity (Wildman–Crippen MR) is 138 cm³/mol. The summed E-state index contributed by atoms with van der Waals surface area (Å²) < 4.78 is 27.3. The Labute approximate surface area is 203 Å². The van der Waals surface area contributed by atoms with Crippen molar-refractivity contribution in [1.82, 2.24) is 9.80 Å². The van der Waals surface area contributed by atoms with E-state index in [9.17, 15) is 13.2 Å². The lowest BCUT2D eigenvalue weighted by molar-refractivity contribution is 0.0622. The number of carbonyl (C=O) groups excluding carboxylic acids is 1. The molecule has 182 valence electrons. The highest BCUT2D eigenvalue weighted by molar-refractivity contribution is 7.95. The minimum atomic E-state index is -3.64. The Bertz CT molecular complexity index is 1080. The van der Waals surface area contributed by atoms with Gasteiger partial charge in [0.05, 0.1) is 5.41 Å². The zero-order valence-corrected chi connectivity index (χ0v) is 20.7. The molecule has 2 heterocycles. The van der Waals surface area contributed by atoms with Gasteiger partial charge in [-0.3, -0.25) is 9.52 Å². The fourth-order valence-corrected chi connectivity index (χ4v) is 5.67. The van der Waals surface area contributed by atoms with Crippen molar-refractivity contribution in [2.24, 2.45) is 11.8 Å². The van der Waals surface area contributed by atoms with E-state index in [2.05, 4.69) is 16.5 Å². The number of rotatable bonds is 7. The van der Waals surface area contributed by atoms with Gasteiger partial charge in [-0.25, -0.2) is 8.42 Å². The van der Waals surface area contributed by atoms with E-state index in [-0.39, 0.29) is 5.91 Å². The van der Waals surface area contributed by atoms with Crippen molar-refractivity contribution in [3.8, 4) is 0 Å². The van der Waals surface area contributed by atoms with E-state index < -0.39 is 10.0 Å². The Hall–Kier alpha value is -2.64. The average Bonchev–Trinajstić information content (AvgIpc) is 2.85. The normalized spacial score (nSPS) is 20.5. The van der Waals surface area contributed by atoms with Crippen LogP contribution in [0.25, 0.3) is 6.08 Å². The van der Waals surface area contributed by atoms with Crippen LogP contribution in [0.3, 0.4) is 0 Å². The standard InChI is InChI=1S/C27H35N3O3S/c1-22-13-17-29(18-14-22)20-24-8-5-16-30(21-24)27(31)25-9-11-26(12-10-25)28-34(32,33)19-15-23-6-3-2-4-7-23/h2-4,6-7,9-12,15,19,22,24,28H,5,8,13-14,16-18,20-21H2,1H3/b19-15+. The third kappa shape index (κ3) is 6.93. The molecule has 6 nitrogen and oxygen atoms in total. The highest BCUT2D eigenvalue weighted by Gasteiger charge is 2.27. The van der Waals surface area contributed by atoms with Crippen LogP contribution < -0.4 is 4.72 Å². The van der Waals surface area contributed by atoms with Crippen LogP contribution in [0.1, 0.15) is 48.5 Å². The molecule has 0 saturated carbocycles. The van der Waals surface area contributed by atoms with Gasteiger partial charge in [0.1, 0.15) is 0 Å². The molecule has 0 bridgehead atoms. The van der Waals surface area contributed by atoms with Gasteiger partial charge >= 0.3 is 0 Å². The zero-order chi connectivity index (χ0) is 24.0. The average molecular weight is 482 g/mol. The Morgan fingerprint density at radius 2 is 1.71 bits per heavy atom. The summed E-state index contributed by atoms with van der Waals surface area (Å²) in [6, 6.07) is 16.0. The van der Waals surface area contributed by atoms with Crippen LogP contribution in [0.15, 0.2) is 60.0 Å². The number of likely N-dealkylation sites (tertiary alicyclic amines) is 2. The Morgan fingerprint density at radius 1 is 1.00 bits per heavy atom. The lowest BCUT2D eigenvalue weighted by atomic mass is 9.94. The molecule has 4 rings (SSSR count). The molecule has 2 aromatic rings. The van der Waals surface area contributed by atoms with Gasteiger partial charge < -0.3 is 9.80 Å². The summed E-state index contributed by atoms with van der Waals surface area (Å²) in [6.07, 6.45) is 6.30. The summed E-state index contributed by atoms with van der Waals surface area (Å²) in [5.41, 5.74) is 1.84. The number of amides is 1. The quantitative estimate of drug-likeness (QED) is 0.623. The molecular weight excluding hydrogens is 446 g/mol. The van der Waals surface area contributed by atoms with Gasteiger partial charge in [0.2, 0.25) is 0 Å². The molecule has 0 aromatic heterocycles. The monoisotopic (exact) mass is 481 g/mol. The van der Waals surface area contributed by atoms with E-state index in [4.69, 9.17) is 0 Å². The van der Waals surface area contributed by atoms with E-state index in [1.54, 1.807) is 30.3 Å². The maximum absolute atomic E-state index is 13.1. The number of sulfonamides is 1. The summed E-state index contributed by atoms with van der Waals surface area (Å²) in [4.78, 5) is 17.6. The van der Waals surface area contributed by atoms with Gasteiger partial charge in [0.15, 0.2) is 0 Å². The number of benzene rings is 2. The smallest absolute Gasteiger partial charge is 0.255 e. The van der Waals surface area contributed by atoms with Gasteiger partial charge in [-0.1, -0.05) is 37.3 Å². The molecule has 2 aliphatic heterocycles. The molecule has 2 fully saturated rings. The first-order valence-electron chi connectivity index (χ1n) is 12.3. The van der Waals surface area contributed by atoms with E-state index in [0.717, 1.165) is 42.9 Å². The number of carbonyl (C=O) groups is 1. The first kappa shape index (κ1) is 24.5. The molecule has 2 saturated heterocycles. The van der Waals surface area contributed by atoms with Crippen LogP contribution in [0.4, 0.5) is 5.69 Å². The molecular formula is C27H35N3O3S. The maximum Gasteiger partial charge on any atom is 0.255 e. The molecule has 0 aliphatic carbocycles. The van der Waals surface area contributed by atoms with E-state index >= 15 is 0 Å². The first-order chi connectivity index (χ1) is 16.4. The van der Waals surface area contributed by atoms with Crippen molar-refractivity contribution in [2.75, 3.05) is 37.4 Å². The van der Waals surface area contributed by atoms with Crippen molar-refractivity contribution in [2.45, 2.75) is 32.6 Å². The summed E-state index contributed by atoms with van der Waals surface area (Å²) >= 11 is 0. The number of hydrogen-bond acceptors (Lipinski definition) is 4. The molecule has 1 N–H and O–H groups in total. The van der Waals surface area contributed by atoms with Gasteiger partial charge in [-0.2, -0.15) is 0 Å². The molecule has 2 aliphatic rings. The Kier molecular flexibility index (Phi) is 8.06. The van der Waals surface area contributed by atoms with Crippen molar-refractivity contribution < 1.29 is 13.2 Å². The molecule has 1 atom stereocenters. The summed E-state index contributed by atoms with van der Waals surface area (Å²) in [5.74, 6) is 1.37. The van der Waals surface area contributed by atoms with Crippen LogP contribution in [0.2, 0.25) is 0 Å². The molecule has 7 heteroatoms. The maximum atomic E-state index is 13.1. The molecule has 0 radical (unpaired) electrons. The fourth-order valence-electron chi connectivity index (χ4n) is 4.80. The number of anilines is 1. The Morgan fingerprint density at radius 3 is 2.41 bits per heavy atom. The van der Waals surface area contributed by atoms with E-state index in [1.165, 1.54) is 32.4 Å². The molecule has 34 heavy (non-hydrogen) atoms. The van der Waals surface area contributed by atoms with Gasteiger partial charge in [-0.15, -0.1) is 0 Å². The van der Waals surface area contributed by atoms with Crippen molar-refractivity contribution in [1.29, 1.82) is 0 Å². The predicted octanol–water partition coefficient (Wildman–Crippen LogP) is 4.68. The van der Waals surface area contributed by atoms with Crippen LogP contribution >= 0.6 is 0 Å². The highest BCUT2D eigenvalue weighted by atomic mass is 32.2. The van der Waals surface area contributed by atoms with Crippen LogP contribution in [-0.2, 0) is 10.0 Å². The zero-order valence-electron chi connectivity index (χ0n) is 19.9. The number of nitrogens with zero attached hydrogens (tertiary/aromatic N) is 2. The largest absolute Gasteiger partial charge is 0.338 e. The van der Waals surface area contributed by atoms with E-state index in [0.29, 0.717) is 17.2 Å². The lowest BCUT2D eigenvalue weighted by Crippen LogP contribution is -2.45. The second-order valence-corrected chi connectivity index (χ2v) is 11.2. The van der Waals surface area contributed by atoms with Gasteiger partial charge in [0, 0.05) is 30.9 Å². The number of piperidine rings is 2. The number of nitrogens with one attached hydrogen (secondary N) is 1. The molecule has 2 aromatic carbocycles. The third-order valence-corrected chi connectivity index (χ3v) is 7.84. The van der Waals surface area contributed by atoms with Crippen LogP contribution in [-0.4, -0.2) is 56.8 Å². The van der Waals surface area contributed by atoms with Gasteiger partial charge in [0.25, 0.3) is 15.9 Å². The molecule has 0 spiro atoms. The third-order valence-electron chi connectivity index (χ3n) is 6.83. The van der Waals surface area contributed by atoms with Crippen LogP contribution in [0, 0.1) is 11.8 Å². The van der Waals surface area contributed by atoms with E-state index in [1.807, 2.05) is 35.2 Å². The van der Waals surface area contributed by atoms with Crippen molar-refractivity contribution in [3.05, 3.63) is 71.1 Å². The summed E-state index contributed by atoms with van der Waals surface area (Å²) in [7, 11) is -3.64. The second-order valence-electron chi connectivity index (χ2n) is 9.68. The highest BCUT2D eigenvalue weighted by Crippen LogP contribution is 2.23. The summed E-state index contributed by atoms with van der Waals surface area (Å²) in [6.45, 7) is 7.32.